The van der Waals surface area contributed by atoms with Crippen LogP contribution in [0.1, 0.15) is 17.4 Å². The van der Waals surface area contributed by atoms with Crippen molar-refractivity contribution in [1.29, 1.82) is 0 Å². The predicted octanol–water partition coefficient (Wildman–Crippen LogP) is 2.49. The van der Waals surface area contributed by atoms with Crippen LogP contribution in [0.15, 0.2) is 35.5 Å². The lowest BCUT2D eigenvalue weighted by Gasteiger charge is -2.18. The van der Waals surface area contributed by atoms with Crippen LogP contribution in [-0.4, -0.2) is 28.9 Å². The van der Waals surface area contributed by atoms with E-state index in [9.17, 15) is 4.79 Å². The molecule has 0 N–H and O–H groups in total. The van der Waals surface area contributed by atoms with Gasteiger partial charge in [-0.3, -0.25) is 4.79 Å². The van der Waals surface area contributed by atoms with Crippen LogP contribution in [0.5, 0.6) is 0 Å². The number of aromatic nitrogens is 1. The van der Waals surface area contributed by atoms with Gasteiger partial charge in [0, 0.05) is 23.8 Å². The molecule has 15 heavy (non-hydrogen) atoms. The Kier molecular flexibility index (Phi) is 4.49. The average molecular weight is 269 g/mol. The number of likely N-dealkylation sites (N-methyl/N-ethyl adjacent to an activating group) is 1. The number of halogens is 1. The summed E-state index contributed by atoms with van der Waals surface area (Å²) in [5, 5.41) is 0. The van der Waals surface area contributed by atoms with Crippen molar-refractivity contribution >= 4 is 21.8 Å². The van der Waals surface area contributed by atoms with Gasteiger partial charge in [-0.05, 0) is 35.0 Å². The first-order chi connectivity index (χ1) is 7.20. The molecule has 0 atom stereocenters. The molecule has 0 aromatic carbocycles. The SMILES string of the molecule is C=CCN(CC)C(=O)c1ncccc1Br. The molecule has 0 fully saturated rings. The van der Waals surface area contributed by atoms with Crippen molar-refractivity contribution in [2.24, 2.45) is 0 Å². The first-order valence-electron chi connectivity index (χ1n) is 4.71. The van der Waals surface area contributed by atoms with Gasteiger partial charge in [-0.15, -0.1) is 6.58 Å². The molecule has 1 amide bonds. The Bertz CT molecular complexity index is 365. The van der Waals surface area contributed by atoms with Gasteiger partial charge < -0.3 is 4.90 Å². The predicted molar refractivity (Wildman–Crippen MR) is 63.7 cm³/mol. The van der Waals surface area contributed by atoms with Gasteiger partial charge in [0.2, 0.25) is 0 Å². The maximum Gasteiger partial charge on any atom is 0.273 e. The smallest absolute Gasteiger partial charge is 0.273 e. The minimum Gasteiger partial charge on any atom is -0.334 e. The van der Waals surface area contributed by atoms with Gasteiger partial charge in [0.15, 0.2) is 0 Å². The zero-order chi connectivity index (χ0) is 11.3. The summed E-state index contributed by atoms with van der Waals surface area (Å²) in [4.78, 5) is 17.7. The van der Waals surface area contributed by atoms with Gasteiger partial charge in [0.1, 0.15) is 5.69 Å². The Labute approximate surface area is 97.9 Å². The Balaban J connectivity index is 2.92. The number of carbonyl (C=O) groups is 1. The number of nitrogens with zero attached hydrogens (tertiary/aromatic N) is 2. The molecule has 80 valence electrons. The van der Waals surface area contributed by atoms with E-state index in [1.54, 1.807) is 23.2 Å². The van der Waals surface area contributed by atoms with Crippen LogP contribution < -0.4 is 0 Å². The fourth-order valence-electron chi connectivity index (χ4n) is 1.20. The first-order valence-corrected chi connectivity index (χ1v) is 5.50. The first kappa shape index (κ1) is 11.9. The van der Waals surface area contributed by atoms with E-state index >= 15 is 0 Å². The number of pyridine rings is 1. The highest BCUT2D eigenvalue weighted by Crippen LogP contribution is 2.15. The minimum atomic E-state index is -0.0788. The lowest BCUT2D eigenvalue weighted by Crippen LogP contribution is -2.31. The van der Waals surface area contributed by atoms with E-state index in [0.717, 1.165) is 4.47 Å². The summed E-state index contributed by atoms with van der Waals surface area (Å²) in [7, 11) is 0. The van der Waals surface area contributed by atoms with Crippen LogP contribution in [-0.2, 0) is 0 Å². The molecule has 4 heteroatoms. The molecule has 1 rings (SSSR count). The fourth-order valence-corrected chi connectivity index (χ4v) is 1.63. The average Bonchev–Trinajstić information content (AvgIpc) is 2.25. The monoisotopic (exact) mass is 268 g/mol. The molecule has 0 spiro atoms. The number of amides is 1. The topological polar surface area (TPSA) is 33.2 Å². The summed E-state index contributed by atoms with van der Waals surface area (Å²) in [5.74, 6) is -0.0788. The molecule has 0 aliphatic carbocycles. The van der Waals surface area contributed by atoms with Gasteiger partial charge in [0.05, 0.1) is 0 Å². The summed E-state index contributed by atoms with van der Waals surface area (Å²) in [6, 6.07) is 3.59. The largest absolute Gasteiger partial charge is 0.334 e. The van der Waals surface area contributed by atoms with Crippen molar-refractivity contribution in [3.8, 4) is 0 Å². The van der Waals surface area contributed by atoms with E-state index in [1.165, 1.54) is 0 Å². The summed E-state index contributed by atoms with van der Waals surface area (Å²) in [5.41, 5.74) is 0.446. The van der Waals surface area contributed by atoms with Crippen LogP contribution >= 0.6 is 15.9 Å². The summed E-state index contributed by atoms with van der Waals surface area (Å²) >= 11 is 3.31. The van der Waals surface area contributed by atoms with Crippen molar-refractivity contribution in [2.45, 2.75) is 6.92 Å². The third-order valence-electron chi connectivity index (χ3n) is 1.98. The molecule has 1 heterocycles. The normalized spacial score (nSPS) is 9.73. The highest BCUT2D eigenvalue weighted by atomic mass is 79.9. The van der Waals surface area contributed by atoms with Crippen LogP contribution in [0.2, 0.25) is 0 Å². The fraction of sp³-hybridized carbons (Fsp3) is 0.273. The van der Waals surface area contributed by atoms with E-state index < -0.39 is 0 Å². The van der Waals surface area contributed by atoms with Gasteiger partial charge in [-0.25, -0.2) is 4.98 Å². The number of carbonyl (C=O) groups excluding carboxylic acids is 1. The van der Waals surface area contributed by atoms with Crippen molar-refractivity contribution in [1.82, 2.24) is 9.88 Å². The summed E-state index contributed by atoms with van der Waals surface area (Å²) in [6.45, 7) is 6.74. The molecule has 0 aliphatic heterocycles. The molecule has 1 aromatic rings. The van der Waals surface area contributed by atoms with Gasteiger partial charge in [-0.1, -0.05) is 6.08 Å². The Morgan fingerprint density at radius 2 is 2.47 bits per heavy atom. The van der Waals surface area contributed by atoms with Crippen LogP contribution in [0.3, 0.4) is 0 Å². The van der Waals surface area contributed by atoms with Gasteiger partial charge in [0.25, 0.3) is 5.91 Å². The minimum absolute atomic E-state index is 0.0788. The van der Waals surface area contributed by atoms with Crippen LogP contribution in [0, 0.1) is 0 Å². The number of hydrogen-bond acceptors (Lipinski definition) is 2. The Morgan fingerprint density at radius 3 is 3.00 bits per heavy atom. The van der Waals surface area contributed by atoms with Crippen molar-refractivity contribution in [3.05, 3.63) is 41.2 Å². The third-order valence-corrected chi connectivity index (χ3v) is 2.62. The van der Waals surface area contributed by atoms with Crippen molar-refractivity contribution < 1.29 is 4.79 Å². The quantitative estimate of drug-likeness (QED) is 0.787. The lowest BCUT2D eigenvalue weighted by molar-refractivity contribution is 0.0775. The molecule has 0 unspecified atom stereocenters. The molecule has 1 aromatic heterocycles. The Morgan fingerprint density at radius 1 is 1.73 bits per heavy atom. The molecule has 0 aliphatic rings. The second-order valence-corrected chi connectivity index (χ2v) is 3.82. The van der Waals surface area contributed by atoms with Gasteiger partial charge in [-0.2, -0.15) is 0 Å². The van der Waals surface area contributed by atoms with Gasteiger partial charge >= 0.3 is 0 Å². The van der Waals surface area contributed by atoms with E-state index in [2.05, 4.69) is 27.5 Å². The molecular weight excluding hydrogens is 256 g/mol. The van der Waals surface area contributed by atoms with Crippen molar-refractivity contribution in [3.63, 3.8) is 0 Å². The lowest BCUT2D eigenvalue weighted by atomic mass is 10.3. The van der Waals surface area contributed by atoms with E-state index in [-0.39, 0.29) is 5.91 Å². The highest BCUT2D eigenvalue weighted by molar-refractivity contribution is 9.10. The van der Waals surface area contributed by atoms with E-state index in [1.807, 2.05) is 13.0 Å². The molecule has 0 saturated heterocycles. The molecule has 3 nitrogen and oxygen atoms in total. The molecule has 0 saturated carbocycles. The number of rotatable bonds is 4. The molecular formula is C11H13BrN2O. The van der Waals surface area contributed by atoms with Crippen LogP contribution in [0.25, 0.3) is 0 Å². The highest BCUT2D eigenvalue weighted by Gasteiger charge is 2.16. The molecule has 0 bridgehead atoms. The second-order valence-electron chi connectivity index (χ2n) is 2.97. The number of hydrogen-bond donors (Lipinski definition) is 0. The maximum atomic E-state index is 12.0. The zero-order valence-electron chi connectivity index (χ0n) is 8.61. The van der Waals surface area contributed by atoms with E-state index in [4.69, 9.17) is 0 Å². The van der Waals surface area contributed by atoms with E-state index in [0.29, 0.717) is 18.8 Å². The summed E-state index contributed by atoms with van der Waals surface area (Å²) < 4.78 is 0.720. The maximum absolute atomic E-state index is 12.0. The third kappa shape index (κ3) is 2.89. The second kappa shape index (κ2) is 5.66. The standard InChI is InChI=1S/C11H13BrN2O/c1-3-8-14(4-2)11(15)10-9(12)6-5-7-13-10/h3,5-7H,1,4,8H2,2H3. The Hall–Kier alpha value is -1.16. The van der Waals surface area contributed by atoms with Crippen LogP contribution in [0.4, 0.5) is 0 Å². The zero-order valence-corrected chi connectivity index (χ0v) is 10.2. The summed E-state index contributed by atoms with van der Waals surface area (Å²) in [6.07, 6.45) is 3.32. The van der Waals surface area contributed by atoms with Crippen molar-refractivity contribution in [2.75, 3.05) is 13.1 Å². The molecule has 0 radical (unpaired) electrons.